The van der Waals surface area contributed by atoms with Gasteiger partial charge in [0.25, 0.3) is 0 Å². The maximum atomic E-state index is 8.71. The van der Waals surface area contributed by atoms with Crippen molar-refractivity contribution < 1.29 is 5.11 Å². The lowest BCUT2D eigenvalue weighted by Crippen LogP contribution is -2.50. The highest BCUT2D eigenvalue weighted by molar-refractivity contribution is 5.19. The molecule has 1 unspecified atom stereocenters. The van der Waals surface area contributed by atoms with Crippen molar-refractivity contribution in [2.24, 2.45) is 17.3 Å². The number of nitrogens with zero attached hydrogens (tertiary/aromatic N) is 2. The second-order valence-corrected chi connectivity index (χ2v) is 2.73. The molecule has 6 heteroatoms. The van der Waals surface area contributed by atoms with E-state index in [4.69, 9.17) is 22.4 Å². The lowest BCUT2D eigenvalue weighted by molar-refractivity contribution is 0.0285. The quantitative estimate of drug-likeness (QED) is 0.355. The topological polar surface area (TPSA) is 105 Å². The molecule has 1 atom stereocenters. The number of aliphatic hydroxyl groups is 1. The lowest BCUT2D eigenvalue weighted by Gasteiger charge is -2.24. The molecular weight excluding hydrogens is 158 g/mol. The summed E-state index contributed by atoms with van der Waals surface area (Å²) >= 11 is 0. The molecule has 0 radical (unpaired) electrons. The summed E-state index contributed by atoms with van der Waals surface area (Å²) in [4.78, 5) is 0. The van der Waals surface area contributed by atoms with E-state index in [0.717, 1.165) is 5.57 Å². The minimum atomic E-state index is -0.415. The van der Waals surface area contributed by atoms with Crippen molar-refractivity contribution in [2.75, 3.05) is 13.7 Å². The second kappa shape index (κ2) is 3.28. The molecule has 0 amide bonds. The molecule has 0 bridgehead atoms. The van der Waals surface area contributed by atoms with Crippen molar-refractivity contribution in [2.45, 2.75) is 12.6 Å². The summed E-state index contributed by atoms with van der Waals surface area (Å²) in [5.41, 5.74) is 12.2. The first-order chi connectivity index (χ1) is 5.59. The van der Waals surface area contributed by atoms with Gasteiger partial charge >= 0.3 is 0 Å². The van der Waals surface area contributed by atoms with E-state index in [1.165, 1.54) is 5.12 Å². The summed E-state index contributed by atoms with van der Waals surface area (Å²) in [5, 5.41) is 11.6. The molecule has 0 saturated heterocycles. The number of hydrogen-bond donors (Lipinski definition) is 4. The largest absolute Gasteiger partial charge is 0.396 e. The molecule has 1 heterocycles. The van der Waals surface area contributed by atoms with E-state index in [2.05, 4.69) is 0 Å². The number of rotatable bonds is 2. The first-order valence-corrected chi connectivity index (χ1v) is 3.72. The summed E-state index contributed by atoms with van der Waals surface area (Å²) < 4.78 is 0. The fourth-order valence-electron chi connectivity index (χ4n) is 1.23. The van der Waals surface area contributed by atoms with Gasteiger partial charge in [-0.3, -0.25) is 5.01 Å². The Hall–Kier alpha value is -0.820. The Kier molecular flexibility index (Phi) is 2.53. The molecule has 1 rings (SSSR count). The van der Waals surface area contributed by atoms with Crippen molar-refractivity contribution in [1.82, 2.24) is 10.1 Å². The third-order valence-corrected chi connectivity index (χ3v) is 2.05. The highest BCUT2D eigenvalue weighted by Gasteiger charge is 2.30. The van der Waals surface area contributed by atoms with E-state index >= 15 is 0 Å². The fourth-order valence-corrected chi connectivity index (χ4v) is 1.23. The van der Waals surface area contributed by atoms with Crippen molar-refractivity contribution in [3.8, 4) is 0 Å². The monoisotopic (exact) mass is 173 g/mol. The average molecular weight is 173 g/mol. The van der Waals surface area contributed by atoms with E-state index in [1.54, 1.807) is 12.1 Å². The maximum absolute atomic E-state index is 8.71. The van der Waals surface area contributed by atoms with Crippen LogP contribution in [0.3, 0.4) is 0 Å². The van der Waals surface area contributed by atoms with Crippen LogP contribution in [0.1, 0.15) is 6.42 Å². The lowest BCUT2D eigenvalue weighted by atomic mass is 10.1. The van der Waals surface area contributed by atoms with Gasteiger partial charge in [0.1, 0.15) is 12.0 Å². The Morgan fingerprint density at radius 3 is 2.50 bits per heavy atom. The number of aliphatic hydroxyl groups excluding tert-OH is 1. The first kappa shape index (κ1) is 9.27. The van der Waals surface area contributed by atoms with Crippen LogP contribution in [-0.4, -0.2) is 35.1 Å². The molecule has 1 aliphatic rings. The Bertz CT molecular complexity index is 204. The van der Waals surface area contributed by atoms with E-state index in [-0.39, 0.29) is 6.61 Å². The van der Waals surface area contributed by atoms with Gasteiger partial charge in [-0.2, -0.15) is 0 Å². The van der Waals surface area contributed by atoms with Gasteiger partial charge < -0.3 is 16.6 Å². The smallest absolute Gasteiger partial charge is 0.117 e. The highest BCUT2D eigenvalue weighted by Crippen LogP contribution is 2.20. The second-order valence-electron chi connectivity index (χ2n) is 2.73. The van der Waals surface area contributed by atoms with E-state index in [9.17, 15) is 0 Å². The fraction of sp³-hybridized carbons (Fsp3) is 0.667. The molecule has 6 nitrogen and oxygen atoms in total. The normalized spacial score (nSPS) is 25.7. The van der Waals surface area contributed by atoms with Crippen LogP contribution in [0.5, 0.6) is 0 Å². The molecule has 0 aromatic rings. The number of hydrazine groups is 2. The summed E-state index contributed by atoms with van der Waals surface area (Å²) in [5.74, 6) is 6.09. The van der Waals surface area contributed by atoms with Crippen molar-refractivity contribution in [1.29, 1.82) is 0 Å². The average Bonchev–Trinajstić information content (AvgIpc) is 2.23. The minimum absolute atomic E-state index is 0.0331. The molecule has 1 aliphatic heterocycles. The molecule has 70 valence electrons. The molecule has 0 aromatic carbocycles. The minimum Gasteiger partial charge on any atom is -0.396 e. The standard InChI is InChI=1S/C6H15N5O/c1-10-5(7)4(2-3-12)6(8)11(10)9/h6,12H,2-3,7-9H2,1H3. The zero-order chi connectivity index (χ0) is 9.30. The number of nitrogens with two attached hydrogens (primary N) is 3. The SMILES string of the molecule is CN1C(N)=C(CCO)C(N)N1N. The number of hydrogen-bond acceptors (Lipinski definition) is 6. The molecular formula is C6H15N5O. The first-order valence-electron chi connectivity index (χ1n) is 3.72. The van der Waals surface area contributed by atoms with Gasteiger partial charge in [-0.05, 0) is 6.42 Å². The predicted octanol–water partition coefficient (Wildman–Crippen LogP) is -2.14. The van der Waals surface area contributed by atoms with Crippen LogP contribution >= 0.6 is 0 Å². The third kappa shape index (κ3) is 1.25. The van der Waals surface area contributed by atoms with Crippen LogP contribution in [-0.2, 0) is 0 Å². The van der Waals surface area contributed by atoms with E-state index in [0.29, 0.717) is 12.2 Å². The summed E-state index contributed by atoms with van der Waals surface area (Å²) in [6.07, 6.45) is 0.0487. The Balaban J connectivity index is 2.80. The molecule has 0 fully saturated rings. The van der Waals surface area contributed by atoms with Gasteiger partial charge in [0.2, 0.25) is 0 Å². The van der Waals surface area contributed by atoms with Crippen molar-refractivity contribution in [3.63, 3.8) is 0 Å². The Morgan fingerprint density at radius 1 is 1.58 bits per heavy atom. The van der Waals surface area contributed by atoms with Crippen LogP contribution < -0.4 is 17.3 Å². The predicted molar refractivity (Wildman–Crippen MR) is 44.7 cm³/mol. The summed E-state index contributed by atoms with van der Waals surface area (Å²) in [7, 11) is 1.72. The van der Waals surface area contributed by atoms with Crippen LogP contribution in [0.4, 0.5) is 0 Å². The molecule has 0 spiro atoms. The van der Waals surface area contributed by atoms with E-state index in [1.807, 2.05) is 0 Å². The molecule has 7 N–H and O–H groups in total. The van der Waals surface area contributed by atoms with Gasteiger partial charge in [0.05, 0.1) is 0 Å². The zero-order valence-corrected chi connectivity index (χ0v) is 7.07. The van der Waals surface area contributed by atoms with Gasteiger partial charge in [0.15, 0.2) is 0 Å². The zero-order valence-electron chi connectivity index (χ0n) is 7.07. The van der Waals surface area contributed by atoms with Crippen LogP contribution in [0.15, 0.2) is 11.4 Å². The van der Waals surface area contributed by atoms with E-state index < -0.39 is 6.17 Å². The Labute approximate surface area is 71.1 Å². The van der Waals surface area contributed by atoms with Crippen LogP contribution in [0.25, 0.3) is 0 Å². The van der Waals surface area contributed by atoms with Crippen LogP contribution in [0.2, 0.25) is 0 Å². The third-order valence-electron chi connectivity index (χ3n) is 2.05. The van der Waals surface area contributed by atoms with Crippen molar-refractivity contribution in [3.05, 3.63) is 11.4 Å². The molecule has 0 saturated carbocycles. The highest BCUT2D eigenvalue weighted by atomic mass is 16.3. The van der Waals surface area contributed by atoms with Crippen molar-refractivity contribution >= 4 is 0 Å². The van der Waals surface area contributed by atoms with Gasteiger partial charge in [0, 0.05) is 19.2 Å². The molecule has 12 heavy (non-hydrogen) atoms. The van der Waals surface area contributed by atoms with Gasteiger partial charge in [-0.25, -0.2) is 5.84 Å². The van der Waals surface area contributed by atoms with Crippen LogP contribution in [0, 0.1) is 0 Å². The maximum Gasteiger partial charge on any atom is 0.117 e. The Morgan fingerprint density at radius 2 is 2.17 bits per heavy atom. The summed E-state index contributed by atoms with van der Waals surface area (Å²) in [6, 6.07) is 0. The molecule has 0 aliphatic carbocycles. The summed E-state index contributed by atoms with van der Waals surface area (Å²) in [6.45, 7) is 0.0331. The molecule has 0 aromatic heterocycles. The van der Waals surface area contributed by atoms with Gasteiger partial charge in [-0.15, -0.1) is 5.12 Å². The van der Waals surface area contributed by atoms with Gasteiger partial charge in [-0.1, -0.05) is 0 Å².